The van der Waals surface area contributed by atoms with Crippen LogP contribution in [-0.4, -0.2) is 62.9 Å². The highest BCUT2D eigenvalue weighted by atomic mass is 16.5. The van der Waals surface area contributed by atoms with Crippen molar-refractivity contribution in [2.75, 3.05) is 30.5 Å². The summed E-state index contributed by atoms with van der Waals surface area (Å²) >= 11 is 0. The van der Waals surface area contributed by atoms with Crippen LogP contribution in [0.25, 0.3) is 5.65 Å². The van der Waals surface area contributed by atoms with Gasteiger partial charge < -0.3 is 26.4 Å². The Morgan fingerprint density at radius 2 is 2.09 bits per heavy atom. The Hall–Kier alpha value is -3.60. The van der Waals surface area contributed by atoms with Gasteiger partial charge in [0.05, 0.1) is 41.1 Å². The molecule has 4 rings (SSSR count). The van der Waals surface area contributed by atoms with Gasteiger partial charge >= 0.3 is 0 Å². The highest BCUT2D eigenvalue weighted by molar-refractivity contribution is 6.39. The Morgan fingerprint density at radius 3 is 2.80 bits per heavy atom. The summed E-state index contributed by atoms with van der Waals surface area (Å²) in [6.45, 7) is 1.91. The van der Waals surface area contributed by atoms with E-state index < -0.39 is 5.40 Å². The number of nitrogens with one attached hydrogen (secondary N) is 3. The van der Waals surface area contributed by atoms with Crippen molar-refractivity contribution in [3.63, 3.8) is 0 Å². The van der Waals surface area contributed by atoms with Crippen molar-refractivity contribution in [1.82, 2.24) is 19.9 Å². The molecule has 1 amide bonds. The predicted molar refractivity (Wildman–Crippen MR) is 137 cm³/mol. The number of carbonyl (C=O) groups is 1. The van der Waals surface area contributed by atoms with Gasteiger partial charge in [0, 0.05) is 25.6 Å². The number of imidazole rings is 1. The van der Waals surface area contributed by atoms with Gasteiger partial charge in [0.1, 0.15) is 21.4 Å². The first-order valence-electron chi connectivity index (χ1n) is 11.3. The number of carbonyl (C=O) groups excluding carboxylic acids is 1. The molecule has 1 fully saturated rings. The lowest BCUT2D eigenvalue weighted by atomic mass is 9.60. The molecule has 1 aromatic carbocycles. The number of nitrogens with two attached hydrogens (primary N) is 1. The lowest BCUT2D eigenvalue weighted by Crippen LogP contribution is -2.43. The van der Waals surface area contributed by atoms with Crippen LogP contribution < -0.4 is 21.7 Å². The zero-order chi connectivity index (χ0) is 25.2. The van der Waals surface area contributed by atoms with E-state index in [9.17, 15) is 4.79 Å². The van der Waals surface area contributed by atoms with Crippen molar-refractivity contribution in [2.45, 2.75) is 43.7 Å². The predicted octanol–water partition coefficient (Wildman–Crippen LogP) is 2.25. The molecular weight excluding hydrogens is 444 g/mol. The SMILES string of the molecule is [B]C([B])(OC1CCCC1NC=O)c1cc(N=NC)c(N)c(Nc2cc(NC)c3ncc(C)n3n2)c1. The maximum absolute atomic E-state index is 11.0. The molecule has 0 spiro atoms. The van der Waals surface area contributed by atoms with Gasteiger partial charge in [0.25, 0.3) is 0 Å². The number of rotatable bonds is 9. The van der Waals surface area contributed by atoms with E-state index in [1.165, 1.54) is 0 Å². The zero-order valence-electron chi connectivity index (χ0n) is 19.9. The number of nitrogen functional groups attached to an aromatic ring is 1. The molecule has 2 aromatic heterocycles. The molecule has 13 heteroatoms. The van der Waals surface area contributed by atoms with Crippen LogP contribution in [-0.2, 0) is 14.9 Å². The average molecular weight is 471 g/mol. The monoisotopic (exact) mass is 471 g/mol. The molecule has 2 atom stereocenters. The third kappa shape index (κ3) is 4.95. The van der Waals surface area contributed by atoms with Crippen molar-refractivity contribution in [3.05, 3.63) is 35.7 Å². The number of hydrogen-bond donors (Lipinski definition) is 4. The summed E-state index contributed by atoms with van der Waals surface area (Å²) in [7, 11) is 16.2. The summed E-state index contributed by atoms with van der Waals surface area (Å²) in [5.74, 6) is 0.512. The molecule has 1 aliphatic rings. The standard InChI is InChI=1S/C22H27B2N9O2/c1-12-10-28-21-17(26-2)9-19(32-33(12)21)30-15-7-13(8-16(20(15)25)31-27-3)22(23,24)35-18-6-4-5-14(18)29-11-34/h7-11,14,18,26H,4-6,25H2,1-3H3,(H,29,34)(H,30,32). The minimum Gasteiger partial charge on any atom is -0.395 e. The number of benzene rings is 1. The molecule has 4 radical (unpaired) electrons. The summed E-state index contributed by atoms with van der Waals surface area (Å²) < 4.78 is 7.81. The number of azo groups is 1. The molecule has 0 saturated heterocycles. The second-order valence-electron chi connectivity index (χ2n) is 8.48. The molecule has 178 valence electrons. The van der Waals surface area contributed by atoms with Crippen LogP contribution in [0.15, 0.2) is 34.6 Å². The summed E-state index contributed by atoms with van der Waals surface area (Å²) in [5.41, 5.74) is 10.4. The third-order valence-corrected chi connectivity index (χ3v) is 6.07. The molecule has 5 N–H and O–H groups in total. The fourth-order valence-electron chi connectivity index (χ4n) is 4.28. The quantitative estimate of drug-likeness (QED) is 0.162. The van der Waals surface area contributed by atoms with E-state index in [2.05, 4.69) is 36.3 Å². The number of amides is 1. The summed E-state index contributed by atoms with van der Waals surface area (Å²) in [6, 6.07) is 5.00. The van der Waals surface area contributed by atoms with Gasteiger partial charge in [0.15, 0.2) is 11.5 Å². The lowest BCUT2D eigenvalue weighted by Gasteiger charge is -2.34. The van der Waals surface area contributed by atoms with Crippen LogP contribution in [0.4, 0.5) is 28.6 Å². The average Bonchev–Trinajstić information content (AvgIpc) is 3.42. The summed E-state index contributed by atoms with van der Waals surface area (Å²) in [5, 5.41) is 20.1. The number of ether oxygens (including phenoxy) is 1. The first kappa shape index (κ1) is 24.5. The van der Waals surface area contributed by atoms with Crippen molar-refractivity contribution >= 4 is 56.3 Å². The van der Waals surface area contributed by atoms with E-state index in [-0.39, 0.29) is 12.1 Å². The van der Waals surface area contributed by atoms with Crippen LogP contribution in [0.3, 0.4) is 0 Å². The Balaban J connectivity index is 1.72. The molecule has 2 heterocycles. The largest absolute Gasteiger partial charge is 0.395 e. The first-order chi connectivity index (χ1) is 16.8. The highest BCUT2D eigenvalue weighted by Gasteiger charge is 2.34. The second kappa shape index (κ2) is 9.95. The molecule has 1 saturated carbocycles. The van der Waals surface area contributed by atoms with Crippen molar-refractivity contribution in [3.8, 4) is 0 Å². The fraction of sp³-hybridized carbons (Fsp3) is 0.409. The highest BCUT2D eigenvalue weighted by Crippen LogP contribution is 2.38. The van der Waals surface area contributed by atoms with Crippen LogP contribution in [0.5, 0.6) is 0 Å². The molecule has 3 aromatic rings. The minimum absolute atomic E-state index is 0.158. The number of anilines is 4. The summed E-state index contributed by atoms with van der Waals surface area (Å²) in [6.07, 6.45) is 4.49. The van der Waals surface area contributed by atoms with Crippen molar-refractivity contribution in [1.29, 1.82) is 0 Å². The maximum Gasteiger partial charge on any atom is 0.207 e. The van der Waals surface area contributed by atoms with Gasteiger partial charge in [-0.25, -0.2) is 9.50 Å². The maximum atomic E-state index is 11.0. The van der Waals surface area contributed by atoms with E-state index in [0.29, 0.717) is 40.5 Å². The van der Waals surface area contributed by atoms with Gasteiger partial charge in [-0.05, 0) is 43.9 Å². The lowest BCUT2D eigenvalue weighted by molar-refractivity contribution is -0.111. The van der Waals surface area contributed by atoms with Crippen LogP contribution >= 0.6 is 0 Å². The Labute approximate surface area is 206 Å². The van der Waals surface area contributed by atoms with Crippen molar-refractivity contribution < 1.29 is 9.53 Å². The summed E-state index contributed by atoms with van der Waals surface area (Å²) in [4.78, 5) is 15.3. The fourth-order valence-corrected chi connectivity index (χ4v) is 4.28. The molecule has 35 heavy (non-hydrogen) atoms. The van der Waals surface area contributed by atoms with E-state index in [1.807, 2.05) is 20.0 Å². The first-order valence-corrected chi connectivity index (χ1v) is 11.3. The van der Waals surface area contributed by atoms with Gasteiger partial charge in [-0.1, -0.05) is 0 Å². The molecule has 0 bridgehead atoms. The van der Waals surface area contributed by atoms with E-state index >= 15 is 0 Å². The minimum atomic E-state index is -1.67. The third-order valence-electron chi connectivity index (χ3n) is 6.07. The smallest absolute Gasteiger partial charge is 0.207 e. The van der Waals surface area contributed by atoms with E-state index in [4.69, 9.17) is 26.2 Å². The van der Waals surface area contributed by atoms with E-state index in [0.717, 1.165) is 30.6 Å². The topological polar surface area (TPSA) is 143 Å². The Kier molecular flexibility index (Phi) is 6.97. The Bertz CT molecular complexity index is 1260. The van der Waals surface area contributed by atoms with Gasteiger partial charge in [0.2, 0.25) is 6.41 Å². The van der Waals surface area contributed by atoms with Gasteiger partial charge in [-0.3, -0.25) is 4.79 Å². The molecular formula is C22H27B2N9O2. The number of aryl methyl sites for hydroxylation is 1. The number of nitrogens with zero attached hydrogens (tertiary/aromatic N) is 5. The number of aromatic nitrogens is 3. The van der Waals surface area contributed by atoms with Crippen LogP contribution in [0, 0.1) is 6.92 Å². The normalized spacial score (nSPS) is 18.3. The zero-order valence-corrected chi connectivity index (χ0v) is 19.9. The van der Waals surface area contributed by atoms with E-state index in [1.54, 1.807) is 29.9 Å². The molecule has 0 aliphatic heterocycles. The molecule has 2 unspecified atom stereocenters. The number of hydrogen-bond acceptors (Lipinski definition) is 9. The van der Waals surface area contributed by atoms with Crippen molar-refractivity contribution in [2.24, 2.45) is 10.2 Å². The second-order valence-corrected chi connectivity index (χ2v) is 8.48. The van der Waals surface area contributed by atoms with Gasteiger partial charge in [-0.2, -0.15) is 10.2 Å². The molecule has 1 aliphatic carbocycles. The van der Waals surface area contributed by atoms with Crippen LogP contribution in [0.2, 0.25) is 0 Å². The van der Waals surface area contributed by atoms with Crippen LogP contribution in [0.1, 0.15) is 30.5 Å². The number of fused-ring (bicyclic) bond motifs is 1. The Morgan fingerprint density at radius 1 is 1.29 bits per heavy atom. The molecule has 11 nitrogen and oxygen atoms in total. The van der Waals surface area contributed by atoms with Gasteiger partial charge in [-0.15, -0.1) is 5.10 Å².